The van der Waals surface area contributed by atoms with Crippen LogP contribution in [0.5, 0.6) is 0 Å². The predicted octanol–water partition coefficient (Wildman–Crippen LogP) is 13.8. The van der Waals surface area contributed by atoms with Gasteiger partial charge in [-0.25, -0.2) is 0 Å². The van der Waals surface area contributed by atoms with E-state index in [0.717, 1.165) is 19.3 Å². The van der Waals surface area contributed by atoms with Gasteiger partial charge in [0.2, 0.25) is 0 Å². The Morgan fingerprint density at radius 1 is 0.364 bits per heavy atom. The second-order valence-corrected chi connectivity index (χ2v) is 13.0. The van der Waals surface area contributed by atoms with Crippen LogP contribution in [0.1, 0.15) is 226 Å². The first kappa shape index (κ1) is 45.4. The summed E-state index contributed by atoms with van der Waals surface area (Å²) < 4.78 is 9.61. The highest BCUT2D eigenvalue weighted by atomic mass is 35.5. The monoisotopic (exact) mass is 645 g/mol. The molecule has 4 nitrogen and oxygen atoms in total. The number of hydrogen-bond donors (Lipinski definition) is 0. The third-order valence-electron chi connectivity index (χ3n) is 8.49. The summed E-state index contributed by atoms with van der Waals surface area (Å²) in [4.78, 5) is 22.2. The van der Waals surface area contributed by atoms with E-state index in [2.05, 4.69) is 18.6 Å². The van der Waals surface area contributed by atoms with Crippen LogP contribution >= 0.6 is 11.6 Å². The summed E-state index contributed by atoms with van der Waals surface area (Å²) >= 11 is 5.32. The highest BCUT2D eigenvalue weighted by Gasteiger charge is 2.02. The summed E-state index contributed by atoms with van der Waals surface area (Å²) in [6, 6.07) is -0.0163. The normalized spacial score (nSPS) is 10.8. The van der Waals surface area contributed by atoms with E-state index in [0.29, 0.717) is 19.4 Å². The van der Waals surface area contributed by atoms with Gasteiger partial charge < -0.3 is 9.47 Å². The molecular weight excluding hydrogens is 568 g/mol. The molecule has 0 saturated carbocycles. The van der Waals surface area contributed by atoms with Crippen molar-refractivity contribution < 1.29 is 19.1 Å². The SMILES string of the molecule is CCCCCCCCCCCCCCCCCC(=O)OCC.CCCCCCCCCCCCCCCCCC(=O)OCCl. The van der Waals surface area contributed by atoms with Gasteiger partial charge in [0.15, 0.2) is 6.07 Å². The third kappa shape index (κ3) is 43.4. The van der Waals surface area contributed by atoms with E-state index in [-0.39, 0.29) is 18.0 Å². The minimum absolute atomic E-state index is 0.0163. The number of carbonyl (C=O) groups excluding carboxylic acids is 2. The predicted molar refractivity (Wildman–Crippen MR) is 193 cm³/mol. The Morgan fingerprint density at radius 2 is 0.591 bits per heavy atom. The standard InChI is InChI=1S/C20H40O2.C19H37ClO2/c1-3-5-6-7-8-9-10-11-12-13-14-15-16-17-18-19-20(21)22-4-2;1-2-3-4-5-6-7-8-9-10-11-12-13-14-15-16-17-19(21)22-18-20/h3-19H2,1-2H3;2-18H2,1H3. The van der Waals surface area contributed by atoms with E-state index in [1.807, 2.05) is 6.92 Å². The lowest BCUT2D eigenvalue weighted by Gasteiger charge is -2.03. The van der Waals surface area contributed by atoms with Crippen molar-refractivity contribution in [3.05, 3.63) is 0 Å². The van der Waals surface area contributed by atoms with Crippen LogP contribution in [0.4, 0.5) is 0 Å². The average molecular weight is 645 g/mol. The van der Waals surface area contributed by atoms with Crippen LogP contribution in [0.15, 0.2) is 0 Å². The lowest BCUT2D eigenvalue weighted by Crippen LogP contribution is -2.03. The maximum Gasteiger partial charge on any atom is 0.306 e. The van der Waals surface area contributed by atoms with Crippen LogP contribution in [0, 0.1) is 0 Å². The molecule has 0 unspecified atom stereocenters. The zero-order valence-electron chi connectivity index (χ0n) is 30.1. The molecule has 44 heavy (non-hydrogen) atoms. The van der Waals surface area contributed by atoms with Crippen LogP contribution in [-0.4, -0.2) is 24.6 Å². The van der Waals surface area contributed by atoms with Gasteiger partial charge in [0, 0.05) is 12.8 Å². The molecule has 0 amide bonds. The van der Waals surface area contributed by atoms with Gasteiger partial charge in [-0.2, -0.15) is 0 Å². The Bertz CT molecular complexity index is 506. The summed E-state index contributed by atoms with van der Waals surface area (Å²) in [6.45, 7) is 6.93. The Balaban J connectivity index is 0. The Morgan fingerprint density at radius 3 is 0.818 bits per heavy atom. The molecule has 0 aliphatic rings. The Kier molecular flexibility index (Phi) is 43.5. The fourth-order valence-corrected chi connectivity index (χ4v) is 5.77. The molecule has 0 saturated heterocycles. The van der Waals surface area contributed by atoms with Crippen molar-refractivity contribution in [3.8, 4) is 0 Å². The third-order valence-corrected chi connectivity index (χ3v) is 8.60. The zero-order valence-corrected chi connectivity index (χ0v) is 30.8. The van der Waals surface area contributed by atoms with E-state index >= 15 is 0 Å². The quantitative estimate of drug-likeness (QED) is 0.0397. The van der Waals surface area contributed by atoms with Crippen LogP contribution in [0.2, 0.25) is 0 Å². The summed E-state index contributed by atoms with van der Waals surface area (Å²) in [5, 5.41) is 0. The first-order valence-electron chi connectivity index (χ1n) is 19.5. The lowest BCUT2D eigenvalue weighted by molar-refractivity contribution is -0.143. The van der Waals surface area contributed by atoms with Crippen molar-refractivity contribution in [1.29, 1.82) is 0 Å². The summed E-state index contributed by atoms with van der Waals surface area (Å²) in [7, 11) is 0. The first-order valence-corrected chi connectivity index (χ1v) is 20.0. The van der Waals surface area contributed by atoms with E-state index in [4.69, 9.17) is 16.3 Å². The molecule has 0 aromatic carbocycles. The van der Waals surface area contributed by atoms with Gasteiger partial charge in [0.05, 0.1) is 6.61 Å². The number of unbranched alkanes of at least 4 members (excludes halogenated alkanes) is 28. The van der Waals surface area contributed by atoms with Gasteiger partial charge in [-0.1, -0.05) is 205 Å². The van der Waals surface area contributed by atoms with Crippen molar-refractivity contribution in [2.45, 2.75) is 226 Å². The molecule has 264 valence electrons. The van der Waals surface area contributed by atoms with Crippen LogP contribution < -0.4 is 0 Å². The molecule has 0 spiro atoms. The molecule has 0 fully saturated rings. The van der Waals surface area contributed by atoms with Crippen molar-refractivity contribution in [3.63, 3.8) is 0 Å². The van der Waals surface area contributed by atoms with E-state index in [1.165, 1.54) is 173 Å². The molecule has 0 aliphatic heterocycles. The van der Waals surface area contributed by atoms with Gasteiger partial charge in [-0.15, -0.1) is 0 Å². The minimum Gasteiger partial charge on any atom is -0.466 e. The molecule has 0 aromatic heterocycles. The van der Waals surface area contributed by atoms with E-state index < -0.39 is 0 Å². The number of rotatable bonds is 34. The summed E-state index contributed by atoms with van der Waals surface area (Å²) in [6.07, 6.45) is 41.6. The van der Waals surface area contributed by atoms with Crippen molar-refractivity contribution in [2.75, 3.05) is 12.7 Å². The number of esters is 2. The average Bonchev–Trinajstić information content (AvgIpc) is 3.01. The topological polar surface area (TPSA) is 52.6 Å². The number of carbonyl (C=O) groups is 2. The smallest absolute Gasteiger partial charge is 0.306 e. The highest BCUT2D eigenvalue weighted by Crippen LogP contribution is 2.15. The molecule has 5 heteroatoms. The molecular formula is C39H77ClO4. The number of halogens is 1. The van der Waals surface area contributed by atoms with Crippen LogP contribution in [0.3, 0.4) is 0 Å². The molecule has 0 N–H and O–H groups in total. The van der Waals surface area contributed by atoms with Gasteiger partial charge in [0.1, 0.15) is 0 Å². The number of hydrogen-bond acceptors (Lipinski definition) is 4. The molecule has 0 atom stereocenters. The van der Waals surface area contributed by atoms with Gasteiger partial charge in [0.25, 0.3) is 0 Å². The molecule has 0 radical (unpaired) electrons. The maximum atomic E-state index is 11.2. The van der Waals surface area contributed by atoms with E-state index in [9.17, 15) is 9.59 Å². The molecule has 0 aromatic rings. The minimum atomic E-state index is -0.162. The highest BCUT2D eigenvalue weighted by molar-refractivity contribution is 6.17. The fraction of sp³-hybridized carbons (Fsp3) is 0.949. The Labute approximate surface area is 280 Å². The Hall–Kier alpha value is -0.770. The van der Waals surface area contributed by atoms with E-state index in [1.54, 1.807) is 0 Å². The first-order chi connectivity index (χ1) is 21.6. The summed E-state index contributed by atoms with van der Waals surface area (Å²) in [5.41, 5.74) is 0. The van der Waals surface area contributed by atoms with Gasteiger partial charge in [-0.3, -0.25) is 9.59 Å². The second kappa shape index (κ2) is 42.2. The summed E-state index contributed by atoms with van der Waals surface area (Å²) in [5.74, 6) is -0.193. The second-order valence-electron chi connectivity index (χ2n) is 12.8. The molecule has 0 rings (SSSR count). The maximum absolute atomic E-state index is 11.2. The van der Waals surface area contributed by atoms with Crippen molar-refractivity contribution in [2.24, 2.45) is 0 Å². The fourth-order valence-electron chi connectivity index (χ4n) is 5.65. The molecule has 0 bridgehead atoms. The zero-order chi connectivity index (χ0) is 32.6. The van der Waals surface area contributed by atoms with Gasteiger partial charge in [-0.05, 0) is 19.8 Å². The number of ether oxygens (including phenoxy) is 2. The largest absolute Gasteiger partial charge is 0.466 e. The molecule has 0 aliphatic carbocycles. The van der Waals surface area contributed by atoms with Gasteiger partial charge >= 0.3 is 11.9 Å². The van der Waals surface area contributed by atoms with Crippen molar-refractivity contribution in [1.82, 2.24) is 0 Å². The van der Waals surface area contributed by atoms with Crippen LogP contribution in [0.25, 0.3) is 0 Å². The van der Waals surface area contributed by atoms with Crippen molar-refractivity contribution >= 4 is 23.5 Å². The van der Waals surface area contributed by atoms with Crippen LogP contribution in [-0.2, 0) is 19.1 Å². The lowest BCUT2D eigenvalue weighted by atomic mass is 10.0. The molecule has 0 heterocycles. The number of alkyl halides is 1.